The van der Waals surface area contributed by atoms with E-state index in [-0.39, 0.29) is 29.4 Å². The van der Waals surface area contributed by atoms with Gasteiger partial charge in [-0.1, -0.05) is 51.1 Å². The van der Waals surface area contributed by atoms with Gasteiger partial charge in [-0.2, -0.15) is 0 Å². The zero-order valence-electron chi connectivity index (χ0n) is 19.9. The number of likely N-dealkylation sites (tertiary alicyclic amines) is 1. The molecular formula is C25H43IN4O. The summed E-state index contributed by atoms with van der Waals surface area (Å²) < 4.78 is 6.12. The summed E-state index contributed by atoms with van der Waals surface area (Å²) >= 11 is 0. The molecule has 6 heteroatoms. The molecule has 2 aliphatic rings. The van der Waals surface area contributed by atoms with E-state index >= 15 is 0 Å². The highest BCUT2D eigenvalue weighted by atomic mass is 127. The number of halogens is 1. The van der Waals surface area contributed by atoms with Crippen molar-refractivity contribution in [2.75, 3.05) is 46.4 Å². The Morgan fingerprint density at radius 2 is 1.87 bits per heavy atom. The van der Waals surface area contributed by atoms with Crippen molar-refractivity contribution in [2.24, 2.45) is 22.2 Å². The predicted octanol–water partition coefficient (Wildman–Crippen LogP) is 4.18. The Labute approximate surface area is 206 Å². The first kappa shape index (κ1) is 26.4. The average molecular weight is 543 g/mol. The molecule has 0 amide bonds. The van der Waals surface area contributed by atoms with Crippen LogP contribution in [-0.2, 0) is 11.2 Å². The van der Waals surface area contributed by atoms with Crippen molar-refractivity contribution in [1.82, 2.24) is 15.5 Å². The number of hydrogen-bond donors (Lipinski definition) is 2. The van der Waals surface area contributed by atoms with Crippen LogP contribution in [0.2, 0.25) is 0 Å². The van der Waals surface area contributed by atoms with E-state index in [2.05, 4.69) is 71.6 Å². The Morgan fingerprint density at radius 1 is 1.13 bits per heavy atom. The third-order valence-corrected chi connectivity index (χ3v) is 6.54. The second-order valence-corrected chi connectivity index (χ2v) is 10.1. The molecule has 31 heavy (non-hydrogen) atoms. The minimum Gasteiger partial charge on any atom is -0.377 e. The zero-order chi connectivity index (χ0) is 21.4. The van der Waals surface area contributed by atoms with E-state index in [1.54, 1.807) is 0 Å². The molecule has 5 nitrogen and oxygen atoms in total. The molecule has 1 aromatic rings. The Hall–Kier alpha value is -0.860. The van der Waals surface area contributed by atoms with Gasteiger partial charge >= 0.3 is 0 Å². The number of ether oxygens (including phenoxy) is 1. The van der Waals surface area contributed by atoms with E-state index in [1.165, 1.54) is 31.5 Å². The van der Waals surface area contributed by atoms with E-state index < -0.39 is 0 Å². The molecule has 0 bridgehead atoms. The van der Waals surface area contributed by atoms with Crippen molar-refractivity contribution in [3.8, 4) is 0 Å². The van der Waals surface area contributed by atoms with Gasteiger partial charge in [0.25, 0.3) is 0 Å². The number of benzene rings is 1. The van der Waals surface area contributed by atoms with Gasteiger partial charge in [0.05, 0.1) is 6.10 Å². The lowest BCUT2D eigenvalue weighted by Crippen LogP contribution is -2.48. The minimum atomic E-state index is 0. The summed E-state index contributed by atoms with van der Waals surface area (Å²) in [7, 11) is 1.87. The molecule has 0 spiro atoms. The molecule has 0 saturated carbocycles. The second-order valence-electron chi connectivity index (χ2n) is 10.1. The van der Waals surface area contributed by atoms with Gasteiger partial charge in [0.1, 0.15) is 0 Å². The molecule has 2 heterocycles. The van der Waals surface area contributed by atoms with Gasteiger partial charge < -0.3 is 20.3 Å². The van der Waals surface area contributed by atoms with Crippen LogP contribution in [0, 0.1) is 17.3 Å². The third-order valence-electron chi connectivity index (χ3n) is 6.54. The third kappa shape index (κ3) is 8.54. The number of nitrogens with one attached hydrogen (secondary N) is 2. The first-order valence-corrected chi connectivity index (χ1v) is 11.8. The highest BCUT2D eigenvalue weighted by Gasteiger charge is 2.35. The standard InChI is InChI=1S/C25H42N4O.HI/c1-25(2,3)23-22(11-8-16-30-23)18-28-24(26-4)27-17-21-13-15-29(19-21)14-12-20-9-6-5-7-10-20;/h5-7,9-10,21-23H,8,11-19H2,1-4H3,(H2,26,27,28);1H. The van der Waals surface area contributed by atoms with Crippen LogP contribution in [0.25, 0.3) is 0 Å². The molecule has 1 aromatic carbocycles. The summed E-state index contributed by atoms with van der Waals surface area (Å²) in [6.45, 7) is 13.2. The molecule has 3 unspecified atom stereocenters. The fourth-order valence-corrected chi connectivity index (χ4v) is 4.91. The van der Waals surface area contributed by atoms with Crippen molar-refractivity contribution >= 4 is 29.9 Å². The number of hydrogen-bond acceptors (Lipinski definition) is 3. The van der Waals surface area contributed by atoms with E-state index in [1.807, 2.05) is 7.05 Å². The van der Waals surface area contributed by atoms with Crippen LogP contribution in [-0.4, -0.2) is 63.3 Å². The molecule has 3 atom stereocenters. The lowest BCUT2D eigenvalue weighted by molar-refractivity contribution is -0.0835. The topological polar surface area (TPSA) is 48.9 Å². The van der Waals surface area contributed by atoms with Crippen molar-refractivity contribution in [1.29, 1.82) is 0 Å². The Balaban J connectivity index is 0.00000341. The maximum atomic E-state index is 6.12. The van der Waals surface area contributed by atoms with E-state index in [4.69, 9.17) is 4.74 Å². The summed E-state index contributed by atoms with van der Waals surface area (Å²) in [6, 6.07) is 10.8. The highest BCUT2D eigenvalue weighted by molar-refractivity contribution is 14.0. The SMILES string of the molecule is CN=C(NCC1CCN(CCc2ccccc2)C1)NCC1CCCOC1C(C)(C)C.I. The van der Waals surface area contributed by atoms with Gasteiger partial charge in [0, 0.05) is 45.8 Å². The molecular weight excluding hydrogens is 499 g/mol. The monoisotopic (exact) mass is 542 g/mol. The zero-order valence-corrected chi connectivity index (χ0v) is 22.2. The Morgan fingerprint density at radius 3 is 2.58 bits per heavy atom. The van der Waals surface area contributed by atoms with E-state index in [0.717, 1.165) is 45.0 Å². The van der Waals surface area contributed by atoms with Gasteiger partial charge in [-0.3, -0.25) is 4.99 Å². The molecule has 3 rings (SSSR count). The predicted molar refractivity (Wildman–Crippen MR) is 141 cm³/mol. The smallest absolute Gasteiger partial charge is 0.190 e. The molecule has 0 aromatic heterocycles. The summed E-state index contributed by atoms with van der Waals surface area (Å²) in [4.78, 5) is 7.06. The number of guanidine groups is 1. The maximum absolute atomic E-state index is 6.12. The Kier molecular flexibility index (Phi) is 11.1. The van der Waals surface area contributed by atoms with E-state index in [0.29, 0.717) is 17.9 Å². The molecule has 2 fully saturated rings. The summed E-state index contributed by atoms with van der Waals surface area (Å²) in [5.41, 5.74) is 1.61. The van der Waals surface area contributed by atoms with Gasteiger partial charge in [0.15, 0.2) is 5.96 Å². The van der Waals surface area contributed by atoms with Crippen LogP contribution < -0.4 is 10.6 Å². The van der Waals surface area contributed by atoms with Crippen molar-refractivity contribution in [3.63, 3.8) is 0 Å². The molecule has 176 valence electrons. The molecule has 2 saturated heterocycles. The second kappa shape index (κ2) is 13.0. The van der Waals surface area contributed by atoms with Gasteiger partial charge in [0.2, 0.25) is 0 Å². The van der Waals surface area contributed by atoms with Crippen LogP contribution in [0.15, 0.2) is 35.3 Å². The quantitative estimate of drug-likeness (QED) is 0.309. The van der Waals surface area contributed by atoms with Gasteiger partial charge in [-0.05, 0) is 49.1 Å². The first-order chi connectivity index (χ1) is 14.5. The van der Waals surface area contributed by atoms with Crippen molar-refractivity contribution < 1.29 is 4.74 Å². The number of aliphatic imine (C=N–C) groups is 1. The van der Waals surface area contributed by atoms with Crippen molar-refractivity contribution in [2.45, 2.75) is 52.6 Å². The summed E-state index contributed by atoms with van der Waals surface area (Å²) in [6.07, 6.45) is 5.10. The lowest BCUT2D eigenvalue weighted by Gasteiger charge is -2.40. The largest absolute Gasteiger partial charge is 0.377 e. The highest BCUT2D eigenvalue weighted by Crippen LogP contribution is 2.33. The van der Waals surface area contributed by atoms with Gasteiger partial charge in [-0.15, -0.1) is 24.0 Å². The molecule has 2 N–H and O–H groups in total. The lowest BCUT2D eigenvalue weighted by atomic mass is 9.78. The fourth-order valence-electron chi connectivity index (χ4n) is 4.91. The van der Waals surface area contributed by atoms with E-state index in [9.17, 15) is 0 Å². The van der Waals surface area contributed by atoms with Crippen LogP contribution in [0.1, 0.15) is 45.6 Å². The first-order valence-electron chi connectivity index (χ1n) is 11.8. The number of rotatable bonds is 7. The van der Waals surface area contributed by atoms with Crippen LogP contribution in [0.5, 0.6) is 0 Å². The Bertz CT molecular complexity index is 661. The van der Waals surface area contributed by atoms with Crippen LogP contribution >= 0.6 is 24.0 Å². The maximum Gasteiger partial charge on any atom is 0.190 e. The van der Waals surface area contributed by atoms with Gasteiger partial charge in [-0.25, -0.2) is 0 Å². The van der Waals surface area contributed by atoms with Crippen LogP contribution in [0.3, 0.4) is 0 Å². The fraction of sp³-hybridized carbons (Fsp3) is 0.720. The summed E-state index contributed by atoms with van der Waals surface area (Å²) in [5, 5.41) is 7.14. The number of nitrogens with zero attached hydrogens (tertiary/aromatic N) is 2. The normalized spacial score (nSPS) is 25.2. The molecule has 2 aliphatic heterocycles. The van der Waals surface area contributed by atoms with Crippen LogP contribution in [0.4, 0.5) is 0 Å². The molecule has 0 radical (unpaired) electrons. The summed E-state index contributed by atoms with van der Waals surface area (Å²) in [5.74, 6) is 2.16. The average Bonchev–Trinajstić information content (AvgIpc) is 3.20. The van der Waals surface area contributed by atoms with Crippen molar-refractivity contribution in [3.05, 3.63) is 35.9 Å². The minimum absolute atomic E-state index is 0. The molecule has 0 aliphatic carbocycles.